The average Bonchev–Trinajstić information content (AvgIpc) is 2.76. The third-order valence-corrected chi connectivity index (χ3v) is 7.51. The molecule has 3 rings (SSSR count). The van der Waals surface area contributed by atoms with Gasteiger partial charge in [-0.25, -0.2) is 12.7 Å². The fourth-order valence-electron chi connectivity index (χ4n) is 3.39. The third kappa shape index (κ3) is 6.23. The first-order chi connectivity index (χ1) is 14.8. The van der Waals surface area contributed by atoms with Gasteiger partial charge in [0.25, 0.3) is 0 Å². The zero-order valence-corrected chi connectivity index (χ0v) is 19.2. The van der Waals surface area contributed by atoms with Crippen molar-refractivity contribution in [3.63, 3.8) is 0 Å². The lowest BCUT2D eigenvalue weighted by Crippen LogP contribution is -2.44. The van der Waals surface area contributed by atoms with E-state index in [2.05, 4.69) is 11.9 Å². The molecule has 166 valence electrons. The predicted molar refractivity (Wildman–Crippen MR) is 124 cm³/mol. The van der Waals surface area contributed by atoms with Crippen molar-refractivity contribution < 1.29 is 17.9 Å². The van der Waals surface area contributed by atoms with Crippen LogP contribution in [0.2, 0.25) is 10.0 Å². The summed E-state index contributed by atoms with van der Waals surface area (Å²) in [7, 11) is -3.68. The van der Waals surface area contributed by atoms with Gasteiger partial charge in [-0.2, -0.15) is 0 Å². The summed E-state index contributed by atoms with van der Waals surface area (Å²) < 4.78 is 32.7. The number of hydrogen-bond donors (Lipinski definition) is 1. The van der Waals surface area contributed by atoms with Crippen LogP contribution in [0.25, 0.3) is 0 Å². The second kappa shape index (κ2) is 10.5. The molecule has 6 nitrogen and oxygen atoms in total. The SMILES string of the molecule is C=CCOc1ccc(NC(=O)C2CCCN(S(=O)(=O)Cc3c(Cl)cccc3Cl)C2)cc1. The smallest absolute Gasteiger partial charge is 0.228 e. The summed E-state index contributed by atoms with van der Waals surface area (Å²) in [6.07, 6.45) is 2.87. The molecule has 2 aromatic carbocycles. The van der Waals surface area contributed by atoms with Gasteiger partial charge in [0.2, 0.25) is 15.9 Å². The van der Waals surface area contributed by atoms with E-state index in [-0.39, 0.29) is 18.2 Å². The monoisotopic (exact) mass is 482 g/mol. The van der Waals surface area contributed by atoms with Crippen LogP contribution in [0.1, 0.15) is 18.4 Å². The van der Waals surface area contributed by atoms with Gasteiger partial charge in [0.15, 0.2) is 0 Å². The molecule has 0 saturated carbocycles. The fraction of sp³-hybridized carbons (Fsp3) is 0.318. The second-order valence-electron chi connectivity index (χ2n) is 7.27. The number of amides is 1. The molecule has 1 aliphatic rings. The Morgan fingerprint density at radius 1 is 1.19 bits per heavy atom. The van der Waals surface area contributed by atoms with Gasteiger partial charge in [-0.05, 0) is 49.2 Å². The number of carbonyl (C=O) groups is 1. The number of rotatable bonds is 8. The Bertz CT molecular complexity index is 1020. The van der Waals surface area contributed by atoms with E-state index in [0.717, 1.165) is 0 Å². The topological polar surface area (TPSA) is 75.7 Å². The number of hydrogen-bond acceptors (Lipinski definition) is 4. The zero-order chi connectivity index (χ0) is 22.4. The molecule has 0 aliphatic carbocycles. The van der Waals surface area contributed by atoms with Gasteiger partial charge in [0, 0.05) is 34.4 Å². The van der Waals surface area contributed by atoms with Crippen molar-refractivity contribution >= 4 is 44.8 Å². The van der Waals surface area contributed by atoms with E-state index in [1.807, 2.05) is 0 Å². The molecule has 1 unspecified atom stereocenters. The molecule has 1 saturated heterocycles. The van der Waals surface area contributed by atoms with Crippen molar-refractivity contribution in [3.8, 4) is 5.75 Å². The summed E-state index contributed by atoms with van der Waals surface area (Å²) in [5.74, 6) is -0.283. The van der Waals surface area contributed by atoms with E-state index in [1.54, 1.807) is 48.5 Å². The molecule has 1 N–H and O–H groups in total. The van der Waals surface area contributed by atoms with Gasteiger partial charge >= 0.3 is 0 Å². The average molecular weight is 483 g/mol. The van der Waals surface area contributed by atoms with Crippen LogP contribution in [0.4, 0.5) is 5.69 Å². The van der Waals surface area contributed by atoms with Crippen molar-refractivity contribution in [1.82, 2.24) is 4.31 Å². The standard InChI is InChI=1S/C22H24Cl2N2O4S/c1-2-13-30-18-10-8-17(9-11-18)25-22(27)16-5-4-12-26(14-16)31(28,29)15-19-20(23)6-3-7-21(19)24/h2-3,6-11,16H,1,4-5,12-15H2,(H,25,27). The van der Waals surface area contributed by atoms with Crippen LogP contribution >= 0.6 is 23.2 Å². The molecule has 9 heteroatoms. The Morgan fingerprint density at radius 2 is 1.87 bits per heavy atom. The van der Waals surface area contributed by atoms with Crippen LogP contribution in [0.5, 0.6) is 5.75 Å². The number of nitrogens with zero attached hydrogens (tertiary/aromatic N) is 1. The lowest BCUT2D eigenvalue weighted by Gasteiger charge is -2.31. The Hall–Kier alpha value is -2.06. The Kier molecular flexibility index (Phi) is 8.00. The highest BCUT2D eigenvalue weighted by atomic mass is 35.5. The summed E-state index contributed by atoms with van der Waals surface area (Å²) >= 11 is 12.3. The van der Waals surface area contributed by atoms with Crippen LogP contribution in [-0.2, 0) is 20.6 Å². The molecule has 0 spiro atoms. The van der Waals surface area contributed by atoms with Crippen molar-refractivity contribution in [2.24, 2.45) is 5.92 Å². The molecular formula is C22H24Cl2N2O4S. The van der Waals surface area contributed by atoms with Gasteiger partial charge in [-0.15, -0.1) is 0 Å². The van der Waals surface area contributed by atoms with E-state index in [4.69, 9.17) is 27.9 Å². The highest BCUT2D eigenvalue weighted by Gasteiger charge is 2.33. The quantitative estimate of drug-likeness (QED) is 0.551. The largest absolute Gasteiger partial charge is 0.490 e. The highest BCUT2D eigenvalue weighted by molar-refractivity contribution is 7.88. The van der Waals surface area contributed by atoms with Crippen molar-refractivity contribution in [1.29, 1.82) is 0 Å². The number of sulfonamides is 1. The first-order valence-corrected chi connectivity index (χ1v) is 12.2. The highest BCUT2D eigenvalue weighted by Crippen LogP contribution is 2.29. The first-order valence-electron chi connectivity index (χ1n) is 9.85. The molecule has 1 aliphatic heterocycles. The van der Waals surface area contributed by atoms with Crippen LogP contribution in [-0.4, -0.2) is 38.3 Å². The number of ether oxygens (including phenoxy) is 1. The molecular weight excluding hydrogens is 459 g/mol. The molecule has 0 radical (unpaired) electrons. The maximum atomic E-state index is 13.0. The predicted octanol–water partition coefficient (Wildman–Crippen LogP) is 4.74. The molecule has 1 heterocycles. The van der Waals surface area contributed by atoms with Crippen LogP contribution < -0.4 is 10.1 Å². The number of halogens is 2. The van der Waals surface area contributed by atoms with E-state index in [9.17, 15) is 13.2 Å². The lowest BCUT2D eigenvalue weighted by molar-refractivity contribution is -0.120. The minimum atomic E-state index is -3.68. The van der Waals surface area contributed by atoms with E-state index in [0.29, 0.717) is 53.0 Å². The minimum absolute atomic E-state index is 0.122. The summed E-state index contributed by atoms with van der Waals surface area (Å²) in [4.78, 5) is 12.7. The van der Waals surface area contributed by atoms with Crippen molar-refractivity contribution in [3.05, 3.63) is 70.7 Å². The number of anilines is 1. The molecule has 0 aromatic heterocycles. The second-order valence-corrected chi connectivity index (χ2v) is 10.1. The van der Waals surface area contributed by atoms with Crippen LogP contribution in [0.3, 0.4) is 0 Å². The maximum absolute atomic E-state index is 13.0. The molecule has 1 amide bonds. The molecule has 1 atom stereocenters. The number of nitrogens with one attached hydrogen (secondary N) is 1. The van der Waals surface area contributed by atoms with Crippen LogP contribution in [0.15, 0.2) is 55.1 Å². The summed E-state index contributed by atoms with van der Waals surface area (Å²) in [6, 6.07) is 11.9. The normalized spacial score (nSPS) is 17.2. The molecule has 31 heavy (non-hydrogen) atoms. The molecule has 1 fully saturated rings. The van der Waals surface area contributed by atoms with Gasteiger partial charge < -0.3 is 10.1 Å². The lowest BCUT2D eigenvalue weighted by atomic mass is 9.99. The first kappa shape index (κ1) is 23.6. The Balaban J connectivity index is 1.64. The van der Waals surface area contributed by atoms with E-state index < -0.39 is 15.9 Å². The zero-order valence-electron chi connectivity index (χ0n) is 16.9. The van der Waals surface area contributed by atoms with Crippen LogP contribution in [0, 0.1) is 5.92 Å². The molecule has 0 bridgehead atoms. The minimum Gasteiger partial charge on any atom is -0.490 e. The van der Waals surface area contributed by atoms with Crippen molar-refractivity contribution in [2.75, 3.05) is 25.0 Å². The molecule has 2 aromatic rings. The number of carbonyl (C=O) groups excluding carboxylic acids is 1. The number of benzene rings is 2. The van der Waals surface area contributed by atoms with Gasteiger partial charge in [0.1, 0.15) is 12.4 Å². The van der Waals surface area contributed by atoms with Gasteiger partial charge in [0.05, 0.1) is 11.7 Å². The maximum Gasteiger partial charge on any atom is 0.228 e. The summed E-state index contributed by atoms with van der Waals surface area (Å²) in [6.45, 7) is 4.48. The van der Waals surface area contributed by atoms with Gasteiger partial charge in [-0.3, -0.25) is 4.79 Å². The fourth-order valence-corrected chi connectivity index (χ4v) is 5.75. The van der Waals surface area contributed by atoms with E-state index >= 15 is 0 Å². The summed E-state index contributed by atoms with van der Waals surface area (Å²) in [5.41, 5.74) is 0.995. The van der Waals surface area contributed by atoms with Gasteiger partial charge in [-0.1, -0.05) is 41.9 Å². The summed E-state index contributed by atoms with van der Waals surface area (Å²) in [5, 5.41) is 3.47. The number of piperidine rings is 1. The Morgan fingerprint density at radius 3 is 2.52 bits per heavy atom. The third-order valence-electron chi connectivity index (χ3n) is 5.03. The van der Waals surface area contributed by atoms with E-state index in [1.165, 1.54) is 4.31 Å². The van der Waals surface area contributed by atoms with Crippen molar-refractivity contribution in [2.45, 2.75) is 18.6 Å². The Labute approximate surface area is 192 Å².